The number of nitrogens with zero attached hydrogens (tertiary/aromatic N) is 1. The molecule has 2 heterocycles. The van der Waals surface area contributed by atoms with E-state index >= 15 is 0 Å². The molecule has 1 aliphatic rings. The van der Waals surface area contributed by atoms with E-state index in [1.165, 1.54) is 29.1 Å². The fraction of sp³-hybridized carbons (Fsp3) is 0.455. The Morgan fingerprint density at radius 1 is 1.09 bits per heavy atom. The second-order valence-electron chi connectivity index (χ2n) is 7.89. The van der Waals surface area contributed by atoms with Crippen LogP contribution in [-0.4, -0.2) is 59.1 Å². The minimum absolute atomic E-state index is 0.0189. The van der Waals surface area contributed by atoms with E-state index in [-0.39, 0.29) is 12.2 Å². The lowest BCUT2D eigenvalue weighted by Gasteiger charge is -2.16. The lowest BCUT2D eigenvalue weighted by molar-refractivity contribution is -0.765. The number of carbonyl (C=O) groups excluding carboxylic acids is 1. The van der Waals surface area contributed by atoms with Crippen molar-refractivity contribution in [3.05, 3.63) is 59.4 Å². The van der Waals surface area contributed by atoms with E-state index in [9.17, 15) is 24.5 Å². The smallest absolute Gasteiger partial charge is 0.472 e. The average molecular weight is 532 g/mol. The monoisotopic (exact) mass is 531 g/mol. The Balaban J connectivity index is 1.37. The molecule has 1 unspecified atom stereocenters. The molecule has 0 aliphatic carbocycles. The molecular weight excluding hydrogens is 503 g/mol. The molecule has 1 amide bonds. The van der Waals surface area contributed by atoms with Crippen LogP contribution in [0.5, 0.6) is 5.75 Å². The maximum Gasteiger partial charge on any atom is 0.472 e. The lowest BCUT2D eigenvalue weighted by Crippen LogP contribution is -2.46. The van der Waals surface area contributed by atoms with E-state index in [0.717, 1.165) is 0 Å². The van der Waals surface area contributed by atoms with E-state index in [1.807, 2.05) is 12.1 Å². The molecule has 1 saturated heterocycles. The Kier molecular flexibility index (Phi) is 10.0. The van der Waals surface area contributed by atoms with Gasteiger partial charge in [-0.05, 0) is 37.5 Å². The van der Waals surface area contributed by atoms with Crippen LogP contribution in [0.2, 0.25) is 5.02 Å². The van der Waals surface area contributed by atoms with E-state index in [4.69, 9.17) is 35.9 Å². The van der Waals surface area contributed by atoms with E-state index in [2.05, 4.69) is 0 Å². The summed E-state index contributed by atoms with van der Waals surface area (Å²) in [6.07, 6.45) is -0.162. The zero-order valence-corrected chi connectivity index (χ0v) is 20.5. The van der Waals surface area contributed by atoms with Crippen LogP contribution in [0.15, 0.2) is 48.8 Å². The van der Waals surface area contributed by atoms with Crippen molar-refractivity contribution >= 4 is 25.3 Å². The Bertz CT molecular complexity index is 1040. The molecule has 0 spiro atoms. The maximum atomic E-state index is 12.2. The summed E-state index contributed by atoms with van der Waals surface area (Å²) in [5.41, 5.74) is 5.44. The first-order valence-electron chi connectivity index (χ1n) is 11.0. The Labute approximate surface area is 207 Å². The van der Waals surface area contributed by atoms with Crippen molar-refractivity contribution in [3.8, 4) is 5.75 Å². The first-order chi connectivity index (χ1) is 16.7. The Morgan fingerprint density at radius 3 is 2.57 bits per heavy atom. The molecule has 11 nitrogen and oxygen atoms in total. The van der Waals surface area contributed by atoms with Gasteiger partial charge in [0, 0.05) is 6.07 Å². The van der Waals surface area contributed by atoms with Crippen LogP contribution in [0, 0.1) is 0 Å². The van der Waals surface area contributed by atoms with Crippen molar-refractivity contribution in [2.75, 3.05) is 19.8 Å². The van der Waals surface area contributed by atoms with Crippen LogP contribution in [-0.2, 0) is 18.3 Å². The normalized spacial score (nSPS) is 23.7. The van der Waals surface area contributed by atoms with Gasteiger partial charge in [-0.2, -0.15) is 4.57 Å². The molecular formula is C22H29ClN2O9P+. The molecule has 5 atom stereocenters. The topological polar surface area (TPSA) is 162 Å². The van der Waals surface area contributed by atoms with Crippen molar-refractivity contribution in [2.24, 2.45) is 5.73 Å². The predicted octanol–water partition coefficient (Wildman–Crippen LogP) is 1.73. The summed E-state index contributed by atoms with van der Waals surface area (Å²) in [4.78, 5) is 21.3. The lowest BCUT2D eigenvalue weighted by atomic mass is 10.1. The van der Waals surface area contributed by atoms with Crippen LogP contribution in [0.3, 0.4) is 0 Å². The number of rotatable bonds is 13. The quantitative estimate of drug-likeness (QED) is 0.171. The van der Waals surface area contributed by atoms with Gasteiger partial charge in [0.05, 0.1) is 24.8 Å². The number of hydrogen-bond donors (Lipinski definition) is 4. The number of primary amides is 1. The SMILES string of the molecule is NC(=O)c1ccc[n+]([C@@H]2O[C@H](COP(=O)(O)OCCCCCOc3ccccc3Cl)[C@@H](O)[C@H]2O)c1. The van der Waals surface area contributed by atoms with Crippen molar-refractivity contribution in [2.45, 2.75) is 43.8 Å². The van der Waals surface area contributed by atoms with Gasteiger partial charge in [0.1, 0.15) is 23.5 Å². The second kappa shape index (κ2) is 12.8. The highest BCUT2D eigenvalue weighted by Gasteiger charge is 2.49. The number of pyridine rings is 1. The summed E-state index contributed by atoms with van der Waals surface area (Å²) in [6, 6.07) is 10.2. The Morgan fingerprint density at radius 2 is 1.83 bits per heavy atom. The van der Waals surface area contributed by atoms with Gasteiger partial charge in [0.2, 0.25) is 0 Å². The van der Waals surface area contributed by atoms with Crippen molar-refractivity contribution in [3.63, 3.8) is 0 Å². The van der Waals surface area contributed by atoms with Crippen molar-refractivity contribution < 1.29 is 47.6 Å². The molecule has 1 aromatic carbocycles. The third-order valence-corrected chi connectivity index (χ3v) is 6.57. The Hall–Kier alpha value is -2.08. The maximum absolute atomic E-state index is 12.2. The number of halogens is 1. The number of para-hydroxylation sites is 1. The molecule has 5 N–H and O–H groups in total. The molecule has 0 saturated carbocycles. The van der Waals surface area contributed by atoms with Gasteiger partial charge >= 0.3 is 7.82 Å². The molecule has 192 valence electrons. The van der Waals surface area contributed by atoms with E-state index in [1.54, 1.807) is 12.1 Å². The van der Waals surface area contributed by atoms with Crippen LogP contribution >= 0.6 is 19.4 Å². The minimum Gasteiger partial charge on any atom is -0.492 e. The highest BCUT2D eigenvalue weighted by molar-refractivity contribution is 7.47. The predicted molar refractivity (Wildman–Crippen MR) is 124 cm³/mol. The first kappa shape index (κ1) is 27.5. The summed E-state index contributed by atoms with van der Waals surface area (Å²) in [7, 11) is -4.40. The van der Waals surface area contributed by atoms with E-state index < -0.39 is 44.9 Å². The van der Waals surface area contributed by atoms with Gasteiger partial charge in [-0.3, -0.25) is 13.8 Å². The molecule has 0 radical (unpaired) electrons. The highest BCUT2D eigenvalue weighted by Crippen LogP contribution is 2.44. The van der Waals surface area contributed by atoms with Gasteiger partial charge in [-0.1, -0.05) is 23.7 Å². The van der Waals surface area contributed by atoms with Crippen molar-refractivity contribution in [1.82, 2.24) is 0 Å². The molecule has 1 fully saturated rings. The number of hydrogen-bond acceptors (Lipinski definition) is 8. The van der Waals surface area contributed by atoms with Gasteiger partial charge < -0.3 is 30.3 Å². The number of nitrogens with two attached hydrogens (primary N) is 1. The van der Waals surface area contributed by atoms with E-state index in [0.29, 0.717) is 36.6 Å². The second-order valence-corrected chi connectivity index (χ2v) is 9.75. The number of phosphoric acid groups is 1. The number of carbonyl (C=O) groups is 1. The van der Waals surface area contributed by atoms with Gasteiger partial charge in [0.15, 0.2) is 18.5 Å². The van der Waals surface area contributed by atoms with Gasteiger partial charge in [0.25, 0.3) is 12.1 Å². The summed E-state index contributed by atoms with van der Waals surface area (Å²) in [5.74, 6) is -0.0694. The molecule has 3 rings (SSSR count). The number of aliphatic hydroxyl groups is 2. The largest absolute Gasteiger partial charge is 0.492 e. The average Bonchev–Trinajstić information content (AvgIpc) is 3.12. The number of unbranched alkanes of at least 4 members (excludes halogenated alkanes) is 2. The highest BCUT2D eigenvalue weighted by atomic mass is 35.5. The minimum atomic E-state index is -4.40. The first-order valence-corrected chi connectivity index (χ1v) is 12.9. The number of aromatic nitrogens is 1. The summed E-state index contributed by atoms with van der Waals surface area (Å²) in [6.45, 7) is -0.0724. The zero-order chi connectivity index (χ0) is 25.4. The summed E-state index contributed by atoms with van der Waals surface area (Å²) < 4.78 is 34.6. The number of benzene rings is 1. The van der Waals surface area contributed by atoms with Gasteiger partial charge in [-0.25, -0.2) is 4.57 Å². The standard InChI is InChI=1S/C22H28ClN2O9P/c23-16-8-2-3-9-17(16)31-11-4-1-5-12-32-35(29,30)33-14-18-19(26)20(27)22(34-18)25-10-6-7-15(13-25)21(24)28/h2-3,6-10,13,18-20,22,26-27H,1,4-5,11-12,14H2,(H2-,24,28,29,30)/p+1/t18-,19-,20-,22-/m1/s1. The fourth-order valence-electron chi connectivity index (χ4n) is 3.42. The van der Waals surface area contributed by atoms with Crippen LogP contribution in [0.4, 0.5) is 0 Å². The fourth-order valence-corrected chi connectivity index (χ4v) is 4.38. The summed E-state index contributed by atoms with van der Waals surface area (Å²) in [5, 5.41) is 21.1. The molecule has 1 aliphatic heterocycles. The number of phosphoric ester groups is 1. The van der Waals surface area contributed by atoms with Crippen LogP contribution < -0.4 is 15.0 Å². The molecule has 2 aromatic rings. The van der Waals surface area contributed by atoms with Crippen LogP contribution in [0.25, 0.3) is 0 Å². The molecule has 13 heteroatoms. The number of ether oxygens (including phenoxy) is 2. The third-order valence-electron chi connectivity index (χ3n) is 5.28. The molecule has 1 aromatic heterocycles. The van der Waals surface area contributed by atoms with Crippen LogP contribution in [0.1, 0.15) is 35.8 Å². The molecule has 35 heavy (non-hydrogen) atoms. The number of aliphatic hydroxyl groups excluding tert-OH is 2. The summed E-state index contributed by atoms with van der Waals surface area (Å²) >= 11 is 6.01. The molecule has 0 bridgehead atoms. The van der Waals surface area contributed by atoms with Gasteiger partial charge in [-0.15, -0.1) is 0 Å². The third kappa shape index (κ3) is 7.96. The number of amides is 1. The zero-order valence-electron chi connectivity index (χ0n) is 18.8. The van der Waals surface area contributed by atoms with Crippen molar-refractivity contribution in [1.29, 1.82) is 0 Å².